The number of aryl methyl sites for hydroxylation is 1. The third-order valence-corrected chi connectivity index (χ3v) is 7.43. The number of fused-ring (bicyclic) bond motifs is 1. The summed E-state index contributed by atoms with van der Waals surface area (Å²) in [6, 6.07) is 18.7. The number of carbonyl (C=O) groups excluding carboxylic acids is 1. The van der Waals surface area contributed by atoms with Crippen LogP contribution < -0.4 is 0 Å². The number of carbonyl (C=O) groups is 1. The van der Waals surface area contributed by atoms with E-state index in [1.165, 1.54) is 35.1 Å². The predicted octanol–water partition coefficient (Wildman–Crippen LogP) is 7.19. The van der Waals surface area contributed by atoms with Crippen LogP contribution in [-0.4, -0.2) is 17.4 Å². The van der Waals surface area contributed by atoms with Crippen LogP contribution in [0.1, 0.15) is 91.6 Å². The van der Waals surface area contributed by atoms with Crippen LogP contribution in [0.15, 0.2) is 59.0 Å². The summed E-state index contributed by atoms with van der Waals surface area (Å²) in [6.45, 7) is 14.9. The van der Waals surface area contributed by atoms with Crippen LogP contribution in [0.25, 0.3) is 0 Å². The molecule has 2 aromatic carbocycles. The summed E-state index contributed by atoms with van der Waals surface area (Å²) in [5.41, 5.74) is 7.02. The van der Waals surface area contributed by atoms with Crippen LogP contribution in [0.5, 0.6) is 0 Å². The summed E-state index contributed by atoms with van der Waals surface area (Å²) in [5.74, 6) is 1.20. The SMILES string of the molecule is CCN(Cc1ccccc1)C(=O)c1ccc(Cc2cc3c(cc2C)C(C)(C)CCC3(C)C)o1. The summed E-state index contributed by atoms with van der Waals surface area (Å²) < 4.78 is 6.07. The van der Waals surface area contributed by atoms with Gasteiger partial charge in [-0.1, -0.05) is 70.2 Å². The summed E-state index contributed by atoms with van der Waals surface area (Å²) in [6.07, 6.45) is 3.11. The molecule has 3 nitrogen and oxygen atoms in total. The zero-order valence-electron chi connectivity index (χ0n) is 21.0. The van der Waals surface area contributed by atoms with E-state index in [9.17, 15) is 4.79 Å². The van der Waals surface area contributed by atoms with Crippen molar-refractivity contribution in [3.05, 3.63) is 93.9 Å². The Labute approximate surface area is 198 Å². The van der Waals surface area contributed by atoms with E-state index in [1.807, 2.05) is 54.3 Å². The zero-order valence-corrected chi connectivity index (χ0v) is 21.0. The standard InChI is InChI=1S/C30H37NO2/c1-7-31(20-22-11-9-8-10-12-22)28(32)27-14-13-24(33-27)18-23-19-26-25(17-21(23)2)29(3,4)15-16-30(26,5)6/h8-14,17,19H,7,15-16,18,20H2,1-6H3. The quantitative estimate of drug-likeness (QED) is 0.404. The van der Waals surface area contributed by atoms with Crippen LogP contribution in [0.3, 0.4) is 0 Å². The topological polar surface area (TPSA) is 33.5 Å². The Morgan fingerprint density at radius 1 is 0.939 bits per heavy atom. The minimum atomic E-state index is -0.0577. The Bertz CT molecular complexity index is 1140. The Morgan fingerprint density at radius 2 is 1.58 bits per heavy atom. The van der Waals surface area contributed by atoms with Gasteiger partial charge in [0.1, 0.15) is 5.76 Å². The number of hydrogen-bond donors (Lipinski definition) is 0. The molecule has 0 radical (unpaired) electrons. The second kappa shape index (κ2) is 8.85. The molecule has 0 fully saturated rings. The molecule has 174 valence electrons. The highest BCUT2D eigenvalue weighted by Crippen LogP contribution is 2.46. The van der Waals surface area contributed by atoms with Crippen molar-refractivity contribution < 1.29 is 9.21 Å². The van der Waals surface area contributed by atoms with Gasteiger partial charge in [-0.25, -0.2) is 0 Å². The van der Waals surface area contributed by atoms with Gasteiger partial charge in [0.25, 0.3) is 5.91 Å². The maximum Gasteiger partial charge on any atom is 0.289 e. The number of nitrogens with zero attached hydrogens (tertiary/aromatic N) is 1. The first-order valence-electron chi connectivity index (χ1n) is 12.2. The first-order valence-corrected chi connectivity index (χ1v) is 12.2. The molecule has 0 saturated carbocycles. The van der Waals surface area contributed by atoms with Crippen molar-refractivity contribution >= 4 is 5.91 Å². The molecule has 1 heterocycles. The largest absolute Gasteiger partial charge is 0.456 e. The number of amides is 1. The van der Waals surface area contributed by atoms with Crippen molar-refractivity contribution in [1.82, 2.24) is 4.90 Å². The van der Waals surface area contributed by atoms with Gasteiger partial charge in [-0.3, -0.25) is 4.79 Å². The van der Waals surface area contributed by atoms with E-state index in [0.717, 1.165) is 11.3 Å². The molecule has 3 heteroatoms. The fourth-order valence-corrected chi connectivity index (χ4v) is 5.02. The van der Waals surface area contributed by atoms with Crippen molar-refractivity contribution in [2.45, 2.75) is 78.2 Å². The van der Waals surface area contributed by atoms with Gasteiger partial charge in [0.05, 0.1) is 0 Å². The molecule has 33 heavy (non-hydrogen) atoms. The molecule has 1 amide bonds. The molecule has 1 aromatic heterocycles. The fraction of sp³-hybridized carbons (Fsp3) is 0.433. The van der Waals surface area contributed by atoms with E-state index < -0.39 is 0 Å². The summed E-state index contributed by atoms with van der Waals surface area (Å²) in [4.78, 5) is 14.9. The Hall–Kier alpha value is -2.81. The van der Waals surface area contributed by atoms with Crippen molar-refractivity contribution in [3.8, 4) is 0 Å². The van der Waals surface area contributed by atoms with Crippen molar-refractivity contribution in [2.24, 2.45) is 0 Å². The van der Waals surface area contributed by atoms with Gasteiger partial charge >= 0.3 is 0 Å². The van der Waals surface area contributed by atoms with Gasteiger partial charge in [-0.15, -0.1) is 0 Å². The summed E-state index contributed by atoms with van der Waals surface area (Å²) in [7, 11) is 0. The average Bonchev–Trinajstić information content (AvgIpc) is 3.25. The third-order valence-electron chi connectivity index (χ3n) is 7.43. The minimum absolute atomic E-state index is 0.0577. The first-order chi connectivity index (χ1) is 15.6. The third kappa shape index (κ3) is 4.78. The number of hydrogen-bond acceptors (Lipinski definition) is 2. The molecular weight excluding hydrogens is 406 g/mol. The monoisotopic (exact) mass is 443 g/mol. The Morgan fingerprint density at radius 3 is 2.21 bits per heavy atom. The van der Waals surface area contributed by atoms with Gasteiger partial charge in [-0.2, -0.15) is 0 Å². The average molecular weight is 444 g/mol. The van der Waals surface area contributed by atoms with Crippen LogP contribution in [0.2, 0.25) is 0 Å². The first kappa shape index (κ1) is 23.4. The lowest BCUT2D eigenvalue weighted by atomic mass is 9.62. The lowest BCUT2D eigenvalue weighted by Crippen LogP contribution is -2.34. The predicted molar refractivity (Wildman–Crippen MR) is 135 cm³/mol. The van der Waals surface area contributed by atoms with E-state index in [-0.39, 0.29) is 16.7 Å². The molecule has 4 rings (SSSR count). The molecule has 1 aliphatic carbocycles. The molecule has 3 aromatic rings. The number of furan rings is 1. The van der Waals surface area contributed by atoms with Gasteiger partial charge in [0.15, 0.2) is 5.76 Å². The van der Waals surface area contributed by atoms with Crippen LogP contribution in [0, 0.1) is 6.92 Å². The normalized spacial score (nSPS) is 16.3. The lowest BCUT2D eigenvalue weighted by Gasteiger charge is -2.42. The zero-order chi connectivity index (χ0) is 23.8. The maximum atomic E-state index is 13.1. The molecule has 0 saturated heterocycles. The minimum Gasteiger partial charge on any atom is -0.456 e. The van der Waals surface area contributed by atoms with Gasteiger partial charge in [0, 0.05) is 19.5 Å². The molecular formula is C30H37NO2. The van der Waals surface area contributed by atoms with Gasteiger partial charge in [0.2, 0.25) is 0 Å². The summed E-state index contributed by atoms with van der Waals surface area (Å²) >= 11 is 0. The van der Waals surface area contributed by atoms with E-state index in [2.05, 4.69) is 46.8 Å². The highest BCUT2D eigenvalue weighted by molar-refractivity contribution is 5.91. The summed E-state index contributed by atoms with van der Waals surface area (Å²) in [5, 5.41) is 0. The number of rotatable bonds is 6. The smallest absolute Gasteiger partial charge is 0.289 e. The second-order valence-electron chi connectivity index (χ2n) is 10.8. The molecule has 1 aliphatic rings. The van der Waals surface area contributed by atoms with Crippen LogP contribution in [0.4, 0.5) is 0 Å². The molecule has 0 bridgehead atoms. The molecule has 0 aliphatic heterocycles. The van der Waals surface area contributed by atoms with Crippen molar-refractivity contribution in [3.63, 3.8) is 0 Å². The van der Waals surface area contributed by atoms with E-state index in [1.54, 1.807) is 0 Å². The molecule has 0 N–H and O–H groups in total. The molecule has 0 atom stereocenters. The number of benzene rings is 2. The second-order valence-corrected chi connectivity index (χ2v) is 10.8. The van der Waals surface area contributed by atoms with Crippen molar-refractivity contribution in [1.29, 1.82) is 0 Å². The van der Waals surface area contributed by atoms with E-state index in [4.69, 9.17) is 4.42 Å². The highest BCUT2D eigenvalue weighted by atomic mass is 16.4. The maximum absolute atomic E-state index is 13.1. The van der Waals surface area contributed by atoms with Gasteiger partial charge in [-0.05, 0) is 77.5 Å². The van der Waals surface area contributed by atoms with Crippen molar-refractivity contribution in [2.75, 3.05) is 6.54 Å². The van der Waals surface area contributed by atoms with E-state index >= 15 is 0 Å². The highest BCUT2D eigenvalue weighted by Gasteiger charge is 2.37. The Balaban J connectivity index is 1.56. The van der Waals surface area contributed by atoms with E-state index in [0.29, 0.717) is 25.3 Å². The molecule has 0 unspecified atom stereocenters. The Kier molecular flexibility index (Phi) is 6.26. The van der Waals surface area contributed by atoms with Gasteiger partial charge < -0.3 is 9.32 Å². The fourth-order valence-electron chi connectivity index (χ4n) is 5.02. The molecule has 0 spiro atoms. The van der Waals surface area contributed by atoms with Crippen LogP contribution >= 0.6 is 0 Å². The lowest BCUT2D eigenvalue weighted by molar-refractivity contribution is 0.0718. The van der Waals surface area contributed by atoms with Crippen LogP contribution in [-0.2, 0) is 23.8 Å².